The predicted octanol–water partition coefficient (Wildman–Crippen LogP) is 5.28. The maximum absolute atomic E-state index is 6.12. The van der Waals surface area contributed by atoms with Gasteiger partial charge in [-0.3, -0.25) is 0 Å². The number of rotatable bonds is 4. The van der Waals surface area contributed by atoms with Crippen LogP contribution in [0, 0.1) is 12.8 Å². The Morgan fingerprint density at radius 3 is 2.76 bits per heavy atom. The molecule has 1 aromatic carbocycles. The molecule has 0 aliphatic carbocycles. The Morgan fingerprint density at radius 1 is 1.24 bits per heavy atom. The highest BCUT2D eigenvalue weighted by molar-refractivity contribution is 5.94. The largest absolute Gasteiger partial charge is 0.440 e. The van der Waals surface area contributed by atoms with Gasteiger partial charge in [0.1, 0.15) is 0 Å². The molecule has 0 amide bonds. The maximum Gasteiger partial charge on any atom is 0.198 e. The summed E-state index contributed by atoms with van der Waals surface area (Å²) in [6, 6.07) is 8.27. The van der Waals surface area contributed by atoms with E-state index < -0.39 is 0 Å². The Labute approximate surface area is 125 Å². The number of H-pyrrole nitrogens is 1. The second-order valence-electron chi connectivity index (χ2n) is 5.89. The summed E-state index contributed by atoms with van der Waals surface area (Å²) < 4.78 is 6.12. The van der Waals surface area contributed by atoms with Crippen LogP contribution in [0.4, 0.5) is 0 Å². The van der Waals surface area contributed by atoms with Crippen LogP contribution in [-0.4, -0.2) is 9.97 Å². The van der Waals surface area contributed by atoms with Crippen molar-refractivity contribution in [1.29, 1.82) is 0 Å². The molecule has 2 heterocycles. The SMILES string of the molecule is CC[C@H](C)[C@H](C)c1nc(C)c(-c2c[nH]c3ccccc23)o1. The van der Waals surface area contributed by atoms with E-state index in [9.17, 15) is 0 Å². The Bertz CT molecular complexity index is 754. The zero-order chi connectivity index (χ0) is 15.0. The summed E-state index contributed by atoms with van der Waals surface area (Å²) >= 11 is 0. The van der Waals surface area contributed by atoms with E-state index in [0.29, 0.717) is 11.8 Å². The van der Waals surface area contributed by atoms with Crippen LogP contribution in [0.2, 0.25) is 0 Å². The number of aromatic amines is 1. The summed E-state index contributed by atoms with van der Waals surface area (Å²) in [5, 5.41) is 1.18. The molecule has 3 aromatic rings. The van der Waals surface area contributed by atoms with Gasteiger partial charge in [-0.2, -0.15) is 0 Å². The van der Waals surface area contributed by atoms with Crippen molar-refractivity contribution in [1.82, 2.24) is 9.97 Å². The number of benzene rings is 1. The fourth-order valence-corrected chi connectivity index (χ4v) is 2.72. The lowest BCUT2D eigenvalue weighted by Gasteiger charge is -2.13. The number of fused-ring (bicyclic) bond motifs is 1. The molecule has 0 saturated heterocycles. The number of oxazole rings is 1. The van der Waals surface area contributed by atoms with Gasteiger partial charge in [-0.25, -0.2) is 4.98 Å². The molecule has 3 nitrogen and oxygen atoms in total. The van der Waals surface area contributed by atoms with Crippen molar-refractivity contribution in [3.63, 3.8) is 0 Å². The number of aromatic nitrogens is 2. The van der Waals surface area contributed by atoms with Gasteiger partial charge in [-0.1, -0.05) is 45.4 Å². The first-order chi connectivity index (χ1) is 10.1. The number of aryl methyl sites for hydroxylation is 1. The van der Waals surface area contributed by atoms with Crippen molar-refractivity contribution in [2.24, 2.45) is 5.92 Å². The van der Waals surface area contributed by atoms with Crippen molar-refractivity contribution in [3.05, 3.63) is 42.0 Å². The van der Waals surface area contributed by atoms with Gasteiger partial charge in [0.25, 0.3) is 0 Å². The lowest BCUT2D eigenvalue weighted by atomic mass is 9.94. The van der Waals surface area contributed by atoms with Crippen molar-refractivity contribution in [2.45, 2.75) is 40.0 Å². The predicted molar refractivity (Wildman–Crippen MR) is 86.4 cm³/mol. The van der Waals surface area contributed by atoms with Crippen LogP contribution in [0.3, 0.4) is 0 Å². The fraction of sp³-hybridized carbons (Fsp3) is 0.389. The van der Waals surface area contributed by atoms with E-state index in [-0.39, 0.29) is 0 Å². The van der Waals surface area contributed by atoms with E-state index in [2.05, 4.69) is 42.9 Å². The molecule has 110 valence electrons. The van der Waals surface area contributed by atoms with Crippen LogP contribution >= 0.6 is 0 Å². The van der Waals surface area contributed by atoms with Gasteiger partial charge in [-0.05, 0) is 18.9 Å². The van der Waals surface area contributed by atoms with E-state index in [0.717, 1.165) is 34.8 Å². The zero-order valence-electron chi connectivity index (χ0n) is 13.1. The van der Waals surface area contributed by atoms with Crippen LogP contribution in [0.5, 0.6) is 0 Å². The highest BCUT2D eigenvalue weighted by Gasteiger charge is 2.21. The van der Waals surface area contributed by atoms with E-state index in [1.807, 2.05) is 25.3 Å². The standard InChI is InChI=1S/C18H22N2O/c1-5-11(2)12(3)18-20-13(4)17(21-18)15-10-19-16-9-7-6-8-14(15)16/h6-12,19H,5H2,1-4H3/t11-,12-/m0/s1. The van der Waals surface area contributed by atoms with E-state index in [1.54, 1.807) is 0 Å². The molecule has 0 aliphatic heterocycles. The average Bonchev–Trinajstić information content (AvgIpc) is 3.09. The average molecular weight is 282 g/mol. The number of nitrogens with one attached hydrogen (secondary N) is 1. The van der Waals surface area contributed by atoms with Gasteiger partial charge >= 0.3 is 0 Å². The molecule has 0 bridgehead atoms. The second-order valence-corrected chi connectivity index (χ2v) is 5.89. The molecule has 2 aromatic heterocycles. The Balaban J connectivity index is 2.05. The van der Waals surface area contributed by atoms with E-state index in [1.165, 1.54) is 5.39 Å². The van der Waals surface area contributed by atoms with Crippen LogP contribution < -0.4 is 0 Å². The summed E-state index contributed by atoms with van der Waals surface area (Å²) in [6.45, 7) is 8.67. The minimum atomic E-state index is 0.340. The van der Waals surface area contributed by atoms with Gasteiger partial charge in [0.2, 0.25) is 0 Å². The lowest BCUT2D eigenvalue weighted by molar-refractivity contribution is 0.380. The number of hydrogen-bond donors (Lipinski definition) is 1. The molecule has 3 heteroatoms. The monoisotopic (exact) mass is 282 g/mol. The smallest absolute Gasteiger partial charge is 0.198 e. The molecule has 3 rings (SSSR count). The van der Waals surface area contributed by atoms with Gasteiger partial charge in [-0.15, -0.1) is 0 Å². The van der Waals surface area contributed by atoms with Crippen molar-refractivity contribution in [2.75, 3.05) is 0 Å². The first kappa shape index (κ1) is 13.9. The molecular weight excluding hydrogens is 260 g/mol. The number of para-hydroxylation sites is 1. The number of nitrogens with zero attached hydrogens (tertiary/aromatic N) is 1. The van der Waals surface area contributed by atoms with Gasteiger partial charge in [0.05, 0.1) is 5.69 Å². The highest BCUT2D eigenvalue weighted by atomic mass is 16.4. The third kappa shape index (κ3) is 2.37. The summed E-state index contributed by atoms with van der Waals surface area (Å²) in [5.74, 6) is 2.64. The first-order valence-corrected chi connectivity index (χ1v) is 7.65. The molecule has 0 aliphatic rings. The van der Waals surface area contributed by atoms with E-state index in [4.69, 9.17) is 4.42 Å². The van der Waals surface area contributed by atoms with Crippen molar-refractivity contribution in [3.8, 4) is 11.3 Å². The molecule has 0 spiro atoms. The quantitative estimate of drug-likeness (QED) is 0.707. The van der Waals surface area contributed by atoms with Crippen LogP contribution in [-0.2, 0) is 0 Å². The molecule has 0 unspecified atom stereocenters. The van der Waals surface area contributed by atoms with E-state index >= 15 is 0 Å². The molecule has 0 radical (unpaired) electrons. The Kier molecular flexibility index (Phi) is 3.58. The minimum Gasteiger partial charge on any atom is -0.440 e. The highest BCUT2D eigenvalue weighted by Crippen LogP contribution is 2.34. The molecular formula is C18H22N2O. The van der Waals surface area contributed by atoms with Gasteiger partial charge in [0, 0.05) is 28.6 Å². The number of hydrogen-bond acceptors (Lipinski definition) is 2. The topological polar surface area (TPSA) is 41.8 Å². The van der Waals surface area contributed by atoms with Crippen LogP contribution in [0.15, 0.2) is 34.9 Å². The fourth-order valence-electron chi connectivity index (χ4n) is 2.72. The summed E-state index contributed by atoms with van der Waals surface area (Å²) in [6.07, 6.45) is 3.14. The molecule has 0 saturated carbocycles. The molecule has 0 fully saturated rings. The lowest BCUT2D eigenvalue weighted by Crippen LogP contribution is -2.05. The van der Waals surface area contributed by atoms with Gasteiger partial charge < -0.3 is 9.40 Å². The molecule has 1 N–H and O–H groups in total. The normalized spacial score (nSPS) is 14.5. The third-order valence-electron chi connectivity index (χ3n) is 4.53. The maximum atomic E-state index is 6.12. The summed E-state index contributed by atoms with van der Waals surface area (Å²) in [4.78, 5) is 7.96. The van der Waals surface area contributed by atoms with Crippen LogP contribution in [0.1, 0.15) is 44.7 Å². The first-order valence-electron chi connectivity index (χ1n) is 7.65. The van der Waals surface area contributed by atoms with Crippen molar-refractivity contribution < 1.29 is 4.42 Å². The molecule has 21 heavy (non-hydrogen) atoms. The van der Waals surface area contributed by atoms with Crippen molar-refractivity contribution >= 4 is 10.9 Å². The zero-order valence-corrected chi connectivity index (χ0v) is 13.1. The summed E-state index contributed by atoms with van der Waals surface area (Å²) in [7, 11) is 0. The molecule has 2 atom stereocenters. The summed E-state index contributed by atoms with van der Waals surface area (Å²) in [5.41, 5.74) is 3.18. The minimum absolute atomic E-state index is 0.340. The third-order valence-corrected chi connectivity index (χ3v) is 4.53. The Morgan fingerprint density at radius 2 is 2.00 bits per heavy atom. The van der Waals surface area contributed by atoms with Crippen LogP contribution in [0.25, 0.3) is 22.2 Å². The second kappa shape index (κ2) is 5.40. The Hall–Kier alpha value is -2.03. The van der Waals surface area contributed by atoms with Gasteiger partial charge in [0.15, 0.2) is 11.7 Å².